The molecule has 0 radical (unpaired) electrons. The maximum absolute atomic E-state index is 13.0. The van der Waals surface area contributed by atoms with Crippen molar-refractivity contribution in [3.63, 3.8) is 0 Å². The van der Waals surface area contributed by atoms with Crippen molar-refractivity contribution in [2.45, 2.75) is 32.8 Å². The summed E-state index contributed by atoms with van der Waals surface area (Å²) < 4.78 is 18.3. The van der Waals surface area contributed by atoms with E-state index in [0.29, 0.717) is 17.7 Å². The summed E-state index contributed by atoms with van der Waals surface area (Å²) in [7, 11) is 0. The largest absolute Gasteiger partial charge is 0.479 e. The molecule has 0 heterocycles. The lowest BCUT2D eigenvalue weighted by Gasteiger charge is -2.14. The van der Waals surface area contributed by atoms with Gasteiger partial charge in [0.2, 0.25) is 0 Å². The molecule has 0 fully saturated rings. The Balaban J connectivity index is 2.77. The van der Waals surface area contributed by atoms with Gasteiger partial charge < -0.3 is 9.84 Å². The number of carbonyl (C=O) groups is 1. The molecule has 1 atom stereocenters. The smallest absolute Gasteiger partial charge is 0.344 e. The van der Waals surface area contributed by atoms with Crippen molar-refractivity contribution in [3.05, 3.63) is 29.6 Å². The predicted molar refractivity (Wildman–Crippen MR) is 58.1 cm³/mol. The van der Waals surface area contributed by atoms with E-state index in [0.717, 1.165) is 6.42 Å². The molecule has 0 bridgehead atoms. The molecule has 0 saturated carbocycles. The lowest BCUT2D eigenvalue weighted by molar-refractivity contribution is -0.145. The number of ether oxygens (including phenoxy) is 1. The third kappa shape index (κ3) is 3.22. The summed E-state index contributed by atoms with van der Waals surface area (Å²) in [5, 5.41) is 8.89. The number of carboxylic acid groups (broad SMARTS) is 1. The number of rotatable bonds is 5. The summed E-state index contributed by atoms with van der Waals surface area (Å²) in [6.07, 6.45) is 0.290. The van der Waals surface area contributed by atoms with Crippen LogP contribution in [0, 0.1) is 12.7 Å². The van der Waals surface area contributed by atoms with Gasteiger partial charge >= 0.3 is 5.97 Å². The molecular formula is C12H15FO3. The van der Waals surface area contributed by atoms with Gasteiger partial charge in [0.1, 0.15) is 11.6 Å². The zero-order chi connectivity index (χ0) is 12.1. The fourth-order valence-electron chi connectivity index (χ4n) is 1.35. The van der Waals surface area contributed by atoms with Crippen LogP contribution in [0.25, 0.3) is 0 Å². The lowest BCUT2D eigenvalue weighted by Crippen LogP contribution is -2.26. The zero-order valence-corrected chi connectivity index (χ0v) is 9.37. The van der Waals surface area contributed by atoms with Crippen LogP contribution < -0.4 is 4.74 Å². The van der Waals surface area contributed by atoms with E-state index in [-0.39, 0.29) is 5.82 Å². The molecule has 1 unspecified atom stereocenters. The van der Waals surface area contributed by atoms with Crippen LogP contribution >= 0.6 is 0 Å². The standard InChI is InChI=1S/C12H15FO3/c1-3-4-11(12(14)15)16-9-5-6-10(13)8(2)7-9/h5-7,11H,3-4H2,1-2H3,(H,14,15). The SMILES string of the molecule is CCCC(Oc1ccc(F)c(C)c1)C(=O)O. The average molecular weight is 226 g/mol. The Morgan fingerprint density at radius 2 is 2.25 bits per heavy atom. The van der Waals surface area contributed by atoms with Gasteiger partial charge in [0.05, 0.1) is 0 Å². The number of carboxylic acids is 1. The van der Waals surface area contributed by atoms with Crippen molar-refractivity contribution < 1.29 is 19.0 Å². The summed E-state index contributed by atoms with van der Waals surface area (Å²) in [5.41, 5.74) is 0.443. The van der Waals surface area contributed by atoms with E-state index in [9.17, 15) is 9.18 Å². The van der Waals surface area contributed by atoms with Gasteiger partial charge in [-0.1, -0.05) is 13.3 Å². The van der Waals surface area contributed by atoms with Crippen LogP contribution in [0.4, 0.5) is 4.39 Å². The van der Waals surface area contributed by atoms with E-state index in [4.69, 9.17) is 9.84 Å². The van der Waals surface area contributed by atoms with Crippen LogP contribution in [0.15, 0.2) is 18.2 Å². The van der Waals surface area contributed by atoms with Crippen LogP contribution in [-0.2, 0) is 4.79 Å². The summed E-state index contributed by atoms with van der Waals surface area (Å²) >= 11 is 0. The molecule has 0 saturated heterocycles. The van der Waals surface area contributed by atoms with Gasteiger partial charge in [0.15, 0.2) is 6.10 Å². The third-order valence-corrected chi connectivity index (χ3v) is 2.23. The van der Waals surface area contributed by atoms with E-state index >= 15 is 0 Å². The van der Waals surface area contributed by atoms with Crippen molar-refractivity contribution in [1.82, 2.24) is 0 Å². The fourth-order valence-corrected chi connectivity index (χ4v) is 1.35. The van der Waals surface area contributed by atoms with Crippen LogP contribution in [-0.4, -0.2) is 17.2 Å². The van der Waals surface area contributed by atoms with Gasteiger partial charge in [-0.2, -0.15) is 0 Å². The Labute approximate surface area is 93.9 Å². The van der Waals surface area contributed by atoms with E-state index in [1.165, 1.54) is 18.2 Å². The maximum Gasteiger partial charge on any atom is 0.344 e. The molecule has 0 aromatic heterocycles. The first-order valence-electron chi connectivity index (χ1n) is 5.20. The molecule has 0 aliphatic heterocycles. The summed E-state index contributed by atoms with van der Waals surface area (Å²) in [6, 6.07) is 4.21. The number of aryl methyl sites for hydroxylation is 1. The quantitative estimate of drug-likeness (QED) is 0.839. The molecular weight excluding hydrogens is 211 g/mol. The second-order valence-corrected chi connectivity index (χ2v) is 3.64. The highest BCUT2D eigenvalue weighted by Gasteiger charge is 2.18. The van der Waals surface area contributed by atoms with Gasteiger partial charge in [0.25, 0.3) is 0 Å². The van der Waals surface area contributed by atoms with Gasteiger partial charge in [-0.15, -0.1) is 0 Å². The molecule has 1 aromatic rings. The Kier molecular flexibility index (Phi) is 4.28. The van der Waals surface area contributed by atoms with Crippen molar-refractivity contribution >= 4 is 5.97 Å². The first kappa shape index (κ1) is 12.5. The van der Waals surface area contributed by atoms with Gasteiger partial charge in [-0.25, -0.2) is 9.18 Å². The van der Waals surface area contributed by atoms with Crippen molar-refractivity contribution in [1.29, 1.82) is 0 Å². The highest BCUT2D eigenvalue weighted by atomic mass is 19.1. The Morgan fingerprint density at radius 3 is 2.75 bits per heavy atom. The average Bonchev–Trinajstić information content (AvgIpc) is 2.22. The number of aliphatic carboxylic acids is 1. The maximum atomic E-state index is 13.0. The topological polar surface area (TPSA) is 46.5 Å². The van der Waals surface area contributed by atoms with E-state index in [1.807, 2.05) is 6.92 Å². The normalized spacial score (nSPS) is 12.2. The molecule has 88 valence electrons. The first-order chi connectivity index (χ1) is 7.54. The third-order valence-electron chi connectivity index (χ3n) is 2.23. The molecule has 0 spiro atoms. The number of benzene rings is 1. The van der Waals surface area contributed by atoms with Crippen LogP contribution in [0.3, 0.4) is 0 Å². The number of hydrogen-bond acceptors (Lipinski definition) is 2. The Bertz CT molecular complexity index is 377. The van der Waals surface area contributed by atoms with Crippen molar-refractivity contribution in [3.8, 4) is 5.75 Å². The van der Waals surface area contributed by atoms with Gasteiger partial charge in [0, 0.05) is 0 Å². The summed E-state index contributed by atoms with van der Waals surface area (Å²) in [6.45, 7) is 3.49. The van der Waals surface area contributed by atoms with Crippen LogP contribution in [0.1, 0.15) is 25.3 Å². The second-order valence-electron chi connectivity index (χ2n) is 3.64. The molecule has 4 heteroatoms. The molecule has 1 aromatic carbocycles. The zero-order valence-electron chi connectivity index (χ0n) is 9.37. The Hall–Kier alpha value is -1.58. The summed E-state index contributed by atoms with van der Waals surface area (Å²) in [4.78, 5) is 10.8. The molecule has 1 N–H and O–H groups in total. The number of hydrogen-bond donors (Lipinski definition) is 1. The highest BCUT2D eigenvalue weighted by molar-refractivity contribution is 5.72. The molecule has 1 rings (SSSR count). The number of halogens is 1. The van der Waals surface area contributed by atoms with Gasteiger partial charge in [-0.05, 0) is 37.1 Å². The van der Waals surface area contributed by atoms with Crippen molar-refractivity contribution in [2.24, 2.45) is 0 Å². The van der Waals surface area contributed by atoms with E-state index in [1.54, 1.807) is 6.92 Å². The van der Waals surface area contributed by atoms with E-state index in [2.05, 4.69) is 0 Å². The second kappa shape index (κ2) is 5.49. The molecule has 0 aliphatic carbocycles. The Morgan fingerprint density at radius 1 is 1.56 bits per heavy atom. The predicted octanol–water partition coefficient (Wildman–Crippen LogP) is 2.77. The minimum Gasteiger partial charge on any atom is -0.479 e. The minimum atomic E-state index is -0.996. The lowest BCUT2D eigenvalue weighted by atomic mass is 10.2. The summed E-state index contributed by atoms with van der Waals surface area (Å²) in [5.74, 6) is -0.932. The van der Waals surface area contributed by atoms with Gasteiger partial charge in [-0.3, -0.25) is 0 Å². The highest BCUT2D eigenvalue weighted by Crippen LogP contribution is 2.18. The van der Waals surface area contributed by atoms with Crippen LogP contribution in [0.2, 0.25) is 0 Å². The molecule has 16 heavy (non-hydrogen) atoms. The molecule has 0 amide bonds. The minimum absolute atomic E-state index is 0.324. The first-order valence-corrected chi connectivity index (χ1v) is 5.20. The fraction of sp³-hybridized carbons (Fsp3) is 0.417. The molecule has 0 aliphatic rings. The monoisotopic (exact) mass is 226 g/mol. The van der Waals surface area contributed by atoms with Crippen LogP contribution in [0.5, 0.6) is 5.75 Å². The van der Waals surface area contributed by atoms with Crippen molar-refractivity contribution in [2.75, 3.05) is 0 Å². The van der Waals surface area contributed by atoms with E-state index < -0.39 is 12.1 Å². The molecule has 3 nitrogen and oxygen atoms in total.